The van der Waals surface area contributed by atoms with Crippen molar-refractivity contribution in [2.45, 2.75) is 90.5 Å². The maximum Gasteiger partial charge on any atom is 0.00671 e. The van der Waals surface area contributed by atoms with Crippen LogP contribution in [-0.2, 0) is 0 Å². The first-order valence-electron chi connectivity index (χ1n) is 8.03. The Bertz CT molecular complexity index is 170. The summed E-state index contributed by atoms with van der Waals surface area (Å²) >= 11 is 0. The summed E-state index contributed by atoms with van der Waals surface area (Å²) in [7, 11) is 0. The van der Waals surface area contributed by atoms with Gasteiger partial charge in [-0.1, -0.05) is 65.2 Å². The van der Waals surface area contributed by atoms with Gasteiger partial charge in [0.1, 0.15) is 0 Å². The third kappa shape index (κ3) is 5.90. The molecule has 1 atom stereocenters. The predicted octanol–water partition coefficient (Wildman–Crippen LogP) is 4.89. The minimum absolute atomic E-state index is 0.495. The molecule has 102 valence electrons. The van der Waals surface area contributed by atoms with Crippen molar-refractivity contribution in [3.63, 3.8) is 0 Å². The van der Waals surface area contributed by atoms with Crippen molar-refractivity contribution in [1.82, 2.24) is 0 Å². The van der Waals surface area contributed by atoms with E-state index < -0.39 is 0 Å². The fourth-order valence-electron chi connectivity index (χ4n) is 3.36. The van der Waals surface area contributed by atoms with Crippen LogP contribution in [0.1, 0.15) is 84.5 Å². The van der Waals surface area contributed by atoms with Gasteiger partial charge in [-0.05, 0) is 31.1 Å². The zero-order valence-corrected chi connectivity index (χ0v) is 12.1. The van der Waals surface area contributed by atoms with Gasteiger partial charge in [-0.3, -0.25) is 0 Å². The Hall–Kier alpha value is -0.0400. The summed E-state index contributed by atoms with van der Waals surface area (Å²) in [5, 5.41) is 0. The van der Waals surface area contributed by atoms with Gasteiger partial charge in [0, 0.05) is 6.04 Å². The first-order chi connectivity index (χ1) is 8.27. The van der Waals surface area contributed by atoms with Gasteiger partial charge in [0.25, 0.3) is 0 Å². The Morgan fingerprint density at radius 1 is 0.941 bits per heavy atom. The van der Waals surface area contributed by atoms with Crippen molar-refractivity contribution in [3.8, 4) is 0 Å². The van der Waals surface area contributed by atoms with Gasteiger partial charge in [0.15, 0.2) is 0 Å². The van der Waals surface area contributed by atoms with Crippen LogP contribution in [0, 0.1) is 11.8 Å². The lowest BCUT2D eigenvalue weighted by Gasteiger charge is -2.32. The molecule has 1 rings (SSSR count). The molecule has 0 aliphatic heterocycles. The number of unbranched alkanes of at least 4 members (excludes halogenated alkanes) is 3. The summed E-state index contributed by atoms with van der Waals surface area (Å²) in [5.41, 5.74) is 6.35. The normalized spacial score (nSPS) is 27.0. The van der Waals surface area contributed by atoms with Gasteiger partial charge in [0.2, 0.25) is 0 Å². The van der Waals surface area contributed by atoms with Gasteiger partial charge in [0.05, 0.1) is 0 Å². The van der Waals surface area contributed by atoms with E-state index >= 15 is 0 Å². The van der Waals surface area contributed by atoms with Crippen molar-refractivity contribution >= 4 is 0 Å². The zero-order valence-electron chi connectivity index (χ0n) is 12.1. The highest BCUT2D eigenvalue weighted by Crippen LogP contribution is 2.33. The number of hydrogen-bond donors (Lipinski definition) is 1. The first-order valence-corrected chi connectivity index (χ1v) is 8.03. The lowest BCUT2D eigenvalue weighted by atomic mass is 9.76. The largest absolute Gasteiger partial charge is 0.327 e. The molecule has 1 saturated carbocycles. The molecule has 0 heterocycles. The minimum Gasteiger partial charge on any atom is -0.327 e. The van der Waals surface area contributed by atoms with E-state index in [1.54, 1.807) is 0 Å². The summed E-state index contributed by atoms with van der Waals surface area (Å²) in [4.78, 5) is 0. The second-order valence-electron chi connectivity index (χ2n) is 6.08. The minimum atomic E-state index is 0.495. The standard InChI is InChI=1S/C16H33N/c1-3-5-6-7-9-16(17)15-12-10-14(8-4-2)11-13-15/h14-16H,3-13,17H2,1-2H3. The molecule has 1 unspecified atom stereocenters. The Balaban J connectivity index is 2.10. The van der Waals surface area contributed by atoms with Crippen LogP contribution in [0.2, 0.25) is 0 Å². The lowest BCUT2D eigenvalue weighted by molar-refractivity contribution is 0.226. The molecule has 0 saturated heterocycles. The van der Waals surface area contributed by atoms with Crippen molar-refractivity contribution in [1.29, 1.82) is 0 Å². The van der Waals surface area contributed by atoms with Crippen molar-refractivity contribution in [2.75, 3.05) is 0 Å². The fourth-order valence-corrected chi connectivity index (χ4v) is 3.36. The molecule has 1 heteroatoms. The van der Waals surface area contributed by atoms with Gasteiger partial charge in [-0.2, -0.15) is 0 Å². The summed E-state index contributed by atoms with van der Waals surface area (Å²) in [6.45, 7) is 4.58. The zero-order chi connectivity index (χ0) is 12.5. The summed E-state index contributed by atoms with van der Waals surface area (Å²) in [5.74, 6) is 1.85. The quantitative estimate of drug-likeness (QED) is 0.600. The third-order valence-electron chi connectivity index (χ3n) is 4.58. The van der Waals surface area contributed by atoms with Gasteiger partial charge in [-0.25, -0.2) is 0 Å². The molecule has 1 nitrogen and oxygen atoms in total. The van der Waals surface area contributed by atoms with Crippen LogP contribution < -0.4 is 5.73 Å². The van der Waals surface area contributed by atoms with Crippen molar-refractivity contribution in [2.24, 2.45) is 17.6 Å². The molecule has 1 aliphatic rings. The van der Waals surface area contributed by atoms with E-state index in [4.69, 9.17) is 5.73 Å². The Morgan fingerprint density at radius 3 is 2.24 bits per heavy atom. The van der Waals surface area contributed by atoms with Crippen LogP contribution in [0.5, 0.6) is 0 Å². The van der Waals surface area contributed by atoms with E-state index in [0.717, 1.165) is 11.8 Å². The molecule has 17 heavy (non-hydrogen) atoms. The van der Waals surface area contributed by atoms with Crippen molar-refractivity contribution < 1.29 is 0 Å². The number of nitrogens with two attached hydrogens (primary N) is 1. The molecular formula is C16H33N. The Kier molecular flexibility index (Phi) is 7.92. The SMILES string of the molecule is CCCCCCC(N)C1CCC(CCC)CC1. The van der Waals surface area contributed by atoms with E-state index in [0.29, 0.717) is 6.04 Å². The highest BCUT2D eigenvalue weighted by Gasteiger charge is 2.24. The highest BCUT2D eigenvalue weighted by molar-refractivity contribution is 4.79. The van der Waals surface area contributed by atoms with Gasteiger partial charge in [-0.15, -0.1) is 0 Å². The first kappa shape index (κ1) is 15.0. The molecule has 1 aliphatic carbocycles. The third-order valence-corrected chi connectivity index (χ3v) is 4.58. The highest BCUT2D eigenvalue weighted by atomic mass is 14.6. The maximum atomic E-state index is 6.35. The van der Waals surface area contributed by atoms with Crippen LogP contribution in [0.25, 0.3) is 0 Å². The Morgan fingerprint density at radius 2 is 1.65 bits per heavy atom. The topological polar surface area (TPSA) is 26.0 Å². The van der Waals surface area contributed by atoms with E-state index in [1.165, 1.54) is 70.6 Å². The molecule has 0 radical (unpaired) electrons. The number of rotatable bonds is 8. The van der Waals surface area contributed by atoms with Crippen LogP contribution in [-0.4, -0.2) is 6.04 Å². The van der Waals surface area contributed by atoms with Gasteiger partial charge >= 0.3 is 0 Å². The molecule has 0 aromatic heterocycles. The second-order valence-corrected chi connectivity index (χ2v) is 6.08. The smallest absolute Gasteiger partial charge is 0.00671 e. The molecule has 2 N–H and O–H groups in total. The molecular weight excluding hydrogens is 206 g/mol. The second kappa shape index (κ2) is 8.97. The van der Waals surface area contributed by atoms with Crippen LogP contribution in [0.3, 0.4) is 0 Å². The van der Waals surface area contributed by atoms with E-state index in [2.05, 4.69) is 13.8 Å². The maximum absolute atomic E-state index is 6.35. The monoisotopic (exact) mass is 239 g/mol. The molecule has 0 amide bonds. The van der Waals surface area contributed by atoms with E-state index in [9.17, 15) is 0 Å². The molecule has 1 fully saturated rings. The number of hydrogen-bond acceptors (Lipinski definition) is 1. The molecule has 0 spiro atoms. The van der Waals surface area contributed by atoms with Gasteiger partial charge < -0.3 is 5.73 Å². The molecule has 0 bridgehead atoms. The van der Waals surface area contributed by atoms with E-state index in [1.807, 2.05) is 0 Å². The van der Waals surface area contributed by atoms with Crippen LogP contribution >= 0.6 is 0 Å². The lowest BCUT2D eigenvalue weighted by Crippen LogP contribution is -2.33. The summed E-state index contributed by atoms with van der Waals surface area (Å²) in [6, 6.07) is 0.495. The molecule has 0 aromatic rings. The van der Waals surface area contributed by atoms with E-state index in [-0.39, 0.29) is 0 Å². The summed E-state index contributed by atoms with van der Waals surface area (Å²) in [6.07, 6.45) is 15.2. The van der Waals surface area contributed by atoms with Crippen LogP contribution in [0.4, 0.5) is 0 Å². The fraction of sp³-hybridized carbons (Fsp3) is 1.00. The average Bonchev–Trinajstić information content (AvgIpc) is 2.36. The van der Waals surface area contributed by atoms with Crippen LogP contribution in [0.15, 0.2) is 0 Å². The average molecular weight is 239 g/mol. The molecule has 0 aromatic carbocycles. The van der Waals surface area contributed by atoms with Crippen molar-refractivity contribution in [3.05, 3.63) is 0 Å². The predicted molar refractivity (Wildman–Crippen MR) is 77.1 cm³/mol. The summed E-state index contributed by atoms with van der Waals surface area (Å²) < 4.78 is 0. The Labute approximate surface area is 109 Å².